The standard InChI is InChI=1S/C12H16BN3O6.C11H13N3O5.CH4.FH/c1-13(19)15-10(6-11(14)17)12(18)22-7-8-2-4-9(5-3-8)16(20)21;12-9(5-10(13)15)11(16)19-6-7-1-3-8(4-2-7)14(17)18;;/h2-5,10,15,19H,6-7H2,1H3,(H2,14,17);1-4,9H,5-6,12H2,(H2,13,15);1H4;1H/t10-;9-;;/m11../s1. The summed E-state index contributed by atoms with van der Waals surface area (Å²) in [7, 11) is -1.02. The summed E-state index contributed by atoms with van der Waals surface area (Å²) in [5, 5.41) is 32.6. The Morgan fingerprint density at radius 1 is 0.837 bits per heavy atom. The molecule has 0 saturated heterocycles. The number of hydrogen-bond donors (Lipinski definition) is 5. The SMILES string of the molecule is C.CB(O)N[C@H](CC(N)=O)C(=O)OCc1ccc([N+](=O)[O-])cc1.F.NC(=O)C[C@@H](N)C(=O)OCc1ccc([N+](=O)[O-])cc1. The fraction of sp³-hybridized carbons (Fsp3) is 0.333. The van der Waals surface area contributed by atoms with E-state index in [4.69, 9.17) is 26.7 Å². The summed E-state index contributed by atoms with van der Waals surface area (Å²) in [6, 6.07) is 8.85. The molecule has 17 nitrogen and oxygen atoms in total. The molecule has 0 radical (unpaired) electrons. The zero-order chi connectivity index (χ0) is 31.1. The highest BCUT2D eigenvalue weighted by Crippen LogP contribution is 2.14. The number of rotatable bonds is 14. The van der Waals surface area contributed by atoms with Crippen LogP contribution in [0.1, 0.15) is 31.4 Å². The third-order valence-corrected chi connectivity index (χ3v) is 4.91. The van der Waals surface area contributed by atoms with Crippen LogP contribution in [-0.2, 0) is 41.9 Å². The largest absolute Gasteiger partial charge is 0.460 e. The van der Waals surface area contributed by atoms with Gasteiger partial charge in [0.1, 0.15) is 25.3 Å². The summed E-state index contributed by atoms with van der Waals surface area (Å²) < 4.78 is 9.85. The molecule has 43 heavy (non-hydrogen) atoms. The van der Waals surface area contributed by atoms with Gasteiger partial charge in [0, 0.05) is 24.3 Å². The lowest BCUT2D eigenvalue weighted by molar-refractivity contribution is -0.385. The molecule has 0 spiro atoms. The summed E-state index contributed by atoms with van der Waals surface area (Å²) in [6.45, 7) is 1.19. The molecule has 0 saturated carbocycles. The summed E-state index contributed by atoms with van der Waals surface area (Å²) in [5.74, 6) is -2.92. The number of halogens is 1. The van der Waals surface area contributed by atoms with Gasteiger partial charge in [-0.25, -0.2) is 0 Å². The minimum absolute atomic E-state index is 0. The number of carbonyl (C=O) groups excluding carboxylic acids is 4. The maximum absolute atomic E-state index is 11.9. The number of carbonyl (C=O) groups is 4. The van der Waals surface area contributed by atoms with E-state index in [1.807, 2.05) is 0 Å². The summed E-state index contributed by atoms with van der Waals surface area (Å²) in [6.07, 6.45) is -0.608. The van der Waals surface area contributed by atoms with Crippen LogP contribution in [0.4, 0.5) is 16.1 Å². The summed E-state index contributed by atoms with van der Waals surface area (Å²) in [5.41, 5.74) is 16.3. The number of nitro benzene ring substituents is 2. The van der Waals surface area contributed by atoms with Crippen LogP contribution in [0.25, 0.3) is 0 Å². The second-order valence-electron chi connectivity index (χ2n) is 8.41. The van der Waals surface area contributed by atoms with Gasteiger partial charge in [-0.3, -0.25) is 44.1 Å². The molecule has 0 aliphatic heterocycles. The highest BCUT2D eigenvalue weighted by molar-refractivity contribution is 6.46. The Balaban J connectivity index is 0. The van der Waals surface area contributed by atoms with Crippen molar-refractivity contribution in [1.29, 1.82) is 0 Å². The number of non-ortho nitro benzene ring substituents is 2. The average Bonchev–Trinajstić information content (AvgIpc) is 2.89. The van der Waals surface area contributed by atoms with E-state index >= 15 is 0 Å². The van der Waals surface area contributed by atoms with Gasteiger partial charge >= 0.3 is 19.0 Å². The molecule has 2 aromatic carbocycles. The van der Waals surface area contributed by atoms with Gasteiger partial charge in [0.2, 0.25) is 11.8 Å². The van der Waals surface area contributed by atoms with Crippen molar-refractivity contribution in [2.24, 2.45) is 17.2 Å². The normalized spacial score (nSPS) is 11.0. The molecule has 2 aromatic rings. The van der Waals surface area contributed by atoms with E-state index < -0.39 is 52.7 Å². The maximum Gasteiger partial charge on any atom is 0.374 e. The van der Waals surface area contributed by atoms with Gasteiger partial charge in [-0.2, -0.15) is 0 Å². The summed E-state index contributed by atoms with van der Waals surface area (Å²) in [4.78, 5) is 64.6. The zero-order valence-electron chi connectivity index (χ0n) is 22.2. The molecule has 8 N–H and O–H groups in total. The molecule has 2 rings (SSSR count). The monoisotopic (exact) mass is 612 g/mol. The number of nitrogens with zero attached hydrogens (tertiary/aromatic N) is 2. The molecular formula is C24H34BFN6O11. The van der Waals surface area contributed by atoms with Crippen LogP contribution in [0.5, 0.6) is 0 Å². The molecule has 0 unspecified atom stereocenters. The lowest BCUT2D eigenvalue weighted by atomic mass is 9.86. The predicted octanol–water partition coefficient (Wildman–Crippen LogP) is 0.211. The zero-order valence-corrected chi connectivity index (χ0v) is 22.2. The van der Waals surface area contributed by atoms with E-state index in [1.54, 1.807) is 0 Å². The Hall–Kier alpha value is -5.01. The van der Waals surface area contributed by atoms with Crippen LogP contribution in [0.3, 0.4) is 0 Å². The quantitative estimate of drug-likeness (QED) is 0.0826. The minimum Gasteiger partial charge on any atom is -0.460 e. The third-order valence-electron chi connectivity index (χ3n) is 4.91. The number of nitrogens with one attached hydrogen (secondary N) is 1. The van der Waals surface area contributed by atoms with Crippen LogP contribution >= 0.6 is 0 Å². The van der Waals surface area contributed by atoms with Crippen molar-refractivity contribution in [2.75, 3.05) is 0 Å². The van der Waals surface area contributed by atoms with E-state index in [2.05, 4.69) is 5.23 Å². The Labute approximate surface area is 245 Å². The lowest BCUT2D eigenvalue weighted by Gasteiger charge is -2.16. The maximum atomic E-state index is 11.9. The summed E-state index contributed by atoms with van der Waals surface area (Å²) >= 11 is 0. The molecule has 0 aliphatic carbocycles. The van der Waals surface area contributed by atoms with E-state index in [9.17, 15) is 44.4 Å². The Kier molecular flexibility index (Phi) is 18.6. The van der Waals surface area contributed by atoms with Gasteiger partial charge < -0.3 is 36.9 Å². The van der Waals surface area contributed by atoms with Gasteiger partial charge in [0.05, 0.1) is 22.7 Å². The number of nitrogens with two attached hydrogens (primary N) is 3. The predicted molar refractivity (Wildman–Crippen MR) is 151 cm³/mol. The van der Waals surface area contributed by atoms with Crippen LogP contribution < -0.4 is 22.4 Å². The first-order chi connectivity index (χ1) is 19.2. The average molecular weight is 612 g/mol. The molecular weight excluding hydrogens is 578 g/mol. The lowest BCUT2D eigenvalue weighted by Crippen LogP contribution is -2.47. The van der Waals surface area contributed by atoms with Crippen LogP contribution in [0.2, 0.25) is 6.82 Å². The molecule has 2 atom stereocenters. The molecule has 0 aliphatic rings. The number of primary amides is 2. The van der Waals surface area contributed by atoms with E-state index in [1.165, 1.54) is 55.4 Å². The molecule has 0 aromatic heterocycles. The first kappa shape index (κ1) is 40.1. The van der Waals surface area contributed by atoms with Crippen molar-refractivity contribution in [3.63, 3.8) is 0 Å². The first-order valence-electron chi connectivity index (χ1n) is 11.8. The van der Waals surface area contributed by atoms with E-state index in [-0.39, 0.29) is 49.6 Å². The molecule has 19 heteroatoms. The number of nitro groups is 2. The van der Waals surface area contributed by atoms with Gasteiger partial charge in [-0.1, -0.05) is 7.43 Å². The second-order valence-corrected chi connectivity index (χ2v) is 8.41. The van der Waals surface area contributed by atoms with Gasteiger partial charge in [0.15, 0.2) is 0 Å². The van der Waals surface area contributed by atoms with Crippen LogP contribution in [0, 0.1) is 20.2 Å². The highest BCUT2D eigenvalue weighted by atomic mass is 19.0. The van der Waals surface area contributed by atoms with Gasteiger partial charge in [0.25, 0.3) is 11.4 Å². The van der Waals surface area contributed by atoms with Crippen molar-refractivity contribution in [3.05, 3.63) is 79.9 Å². The molecule has 0 bridgehead atoms. The molecule has 0 heterocycles. The van der Waals surface area contributed by atoms with Crippen molar-refractivity contribution in [3.8, 4) is 0 Å². The Bertz CT molecular complexity index is 1230. The second kappa shape index (κ2) is 20.0. The fourth-order valence-corrected chi connectivity index (χ4v) is 2.95. The van der Waals surface area contributed by atoms with E-state index in [0.29, 0.717) is 11.1 Å². The van der Waals surface area contributed by atoms with Gasteiger partial charge in [-0.05, 0) is 42.2 Å². The molecule has 2 amide bonds. The molecule has 0 fully saturated rings. The topological polar surface area (TPSA) is 283 Å². The number of amides is 2. The van der Waals surface area contributed by atoms with Gasteiger partial charge in [-0.15, -0.1) is 0 Å². The van der Waals surface area contributed by atoms with Crippen molar-refractivity contribution in [1.82, 2.24) is 5.23 Å². The Morgan fingerprint density at radius 2 is 1.21 bits per heavy atom. The Morgan fingerprint density at radius 3 is 1.53 bits per heavy atom. The first-order valence-corrected chi connectivity index (χ1v) is 11.8. The smallest absolute Gasteiger partial charge is 0.374 e. The number of esters is 2. The number of hydrogen-bond acceptors (Lipinski definition) is 13. The highest BCUT2D eigenvalue weighted by Gasteiger charge is 2.25. The molecule has 236 valence electrons. The minimum atomic E-state index is -1.10. The fourth-order valence-electron chi connectivity index (χ4n) is 2.95. The van der Waals surface area contributed by atoms with Crippen molar-refractivity contribution in [2.45, 2.75) is 52.4 Å². The van der Waals surface area contributed by atoms with Crippen molar-refractivity contribution >= 4 is 42.2 Å². The third kappa shape index (κ3) is 16.1. The van der Waals surface area contributed by atoms with E-state index in [0.717, 1.165) is 0 Å². The van der Waals surface area contributed by atoms with Crippen molar-refractivity contribution < 1.29 is 48.2 Å². The van der Waals surface area contributed by atoms with Crippen LogP contribution in [-0.4, -0.2) is 57.8 Å². The number of benzene rings is 2. The number of ether oxygens (including phenoxy) is 2. The van der Waals surface area contributed by atoms with Crippen LogP contribution in [0.15, 0.2) is 48.5 Å².